The average Bonchev–Trinajstić information content (AvgIpc) is 2.29. The molecule has 3 rings (SSSR count). The number of hydrogen-bond acceptors (Lipinski definition) is 1. The molecule has 1 aliphatic carbocycles. The molecule has 84 valence electrons. The Balaban J connectivity index is 2.30. The van der Waals surface area contributed by atoms with E-state index < -0.39 is 0 Å². The third kappa shape index (κ3) is 1.87. The van der Waals surface area contributed by atoms with Crippen LogP contribution < -0.4 is 0 Å². The number of fused-ring (bicyclic) bond motifs is 3. The van der Waals surface area contributed by atoms with Crippen molar-refractivity contribution >= 4 is 37.6 Å². The minimum atomic E-state index is 0.187. The molecule has 0 radical (unpaired) electrons. The van der Waals surface area contributed by atoms with Gasteiger partial charge in [-0.1, -0.05) is 44.0 Å². The first-order valence-electron chi connectivity index (χ1n) is 5.27. The average molecular weight is 352 g/mol. The number of benzene rings is 2. The van der Waals surface area contributed by atoms with Gasteiger partial charge in [0.25, 0.3) is 0 Å². The molecule has 1 aliphatic rings. The summed E-state index contributed by atoms with van der Waals surface area (Å²) in [6, 6.07) is 12.0. The van der Waals surface area contributed by atoms with Crippen LogP contribution in [-0.4, -0.2) is 5.78 Å². The monoisotopic (exact) mass is 350 g/mol. The van der Waals surface area contributed by atoms with Crippen LogP contribution in [0.25, 0.3) is 11.1 Å². The van der Waals surface area contributed by atoms with Crippen molar-refractivity contribution in [2.24, 2.45) is 0 Å². The summed E-state index contributed by atoms with van der Waals surface area (Å²) in [5.74, 6) is 0.187. The lowest BCUT2D eigenvalue weighted by Crippen LogP contribution is -2.12. The van der Waals surface area contributed by atoms with Gasteiger partial charge in [0, 0.05) is 20.9 Å². The van der Waals surface area contributed by atoms with Crippen molar-refractivity contribution in [3.8, 4) is 11.1 Å². The molecule has 0 N–H and O–H groups in total. The fraction of sp³-hybridized carbons (Fsp3) is 0.0714. The van der Waals surface area contributed by atoms with Crippen LogP contribution >= 0.6 is 31.9 Å². The molecule has 0 amide bonds. The lowest BCUT2D eigenvalue weighted by atomic mass is 9.85. The molecule has 17 heavy (non-hydrogen) atoms. The summed E-state index contributed by atoms with van der Waals surface area (Å²) in [5.41, 5.74) is 4.11. The van der Waals surface area contributed by atoms with Crippen molar-refractivity contribution in [3.05, 3.63) is 56.5 Å². The highest BCUT2D eigenvalue weighted by Crippen LogP contribution is 2.36. The van der Waals surface area contributed by atoms with E-state index in [1.54, 1.807) is 0 Å². The van der Waals surface area contributed by atoms with Gasteiger partial charge >= 0.3 is 0 Å². The largest absolute Gasteiger partial charge is 0.294 e. The second-order valence-electron chi connectivity index (χ2n) is 4.09. The van der Waals surface area contributed by atoms with Crippen molar-refractivity contribution in [1.29, 1.82) is 0 Å². The molecule has 0 fully saturated rings. The van der Waals surface area contributed by atoms with Crippen LogP contribution in [0.5, 0.6) is 0 Å². The lowest BCUT2D eigenvalue weighted by Gasteiger charge is -2.19. The molecule has 3 heteroatoms. The highest BCUT2D eigenvalue weighted by Gasteiger charge is 2.22. The van der Waals surface area contributed by atoms with Crippen LogP contribution in [0.2, 0.25) is 0 Å². The van der Waals surface area contributed by atoms with E-state index in [0.29, 0.717) is 6.42 Å². The number of rotatable bonds is 0. The normalized spacial score (nSPS) is 13.2. The van der Waals surface area contributed by atoms with Crippen LogP contribution in [0, 0.1) is 0 Å². The molecular weight excluding hydrogens is 344 g/mol. The SMILES string of the molecule is O=C1Cc2cc(Br)ccc2-c2ccc(Br)cc21. The molecule has 0 atom stereocenters. The first-order chi connectivity index (χ1) is 8.15. The number of Topliss-reactive ketones (excluding diaryl/α,β-unsaturated/α-hetero) is 1. The molecule has 0 heterocycles. The van der Waals surface area contributed by atoms with Crippen LogP contribution in [0.15, 0.2) is 45.3 Å². The van der Waals surface area contributed by atoms with Crippen molar-refractivity contribution in [1.82, 2.24) is 0 Å². The summed E-state index contributed by atoms with van der Waals surface area (Å²) in [6.07, 6.45) is 0.484. The molecule has 0 spiro atoms. The van der Waals surface area contributed by atoms with Gasteiger partial charge in [0.15, 0.2) is 5.78 Å². The summed E-state index contributed by atoms with van der Waals surface area (Å²) in [7, 11) is 0. The van der Waals surface area contributed by atoms with E-state index in [-0.39, 0.29) is 5.78 Å². The molecule has 1 nitrogen and oxygen atoms in total. The highest BCUT2D eigenvalue weighted by atomic mass is 79.9. The van der Waals surface area contributed by atoms with E-state index in [9.17, 15) is 4.79 Å². The third-order valence-corrected chi connectivity index (χ3v) is 3.98. The summed E-state index contributed by atoms with van der Waals surface area (Å²) in [5, 5.41) is 0. The quantitative estimate of drug-likeness (QED) is 0.677. The minimum Gasteiger partial charge on any atom is -0.294 e. The van der Waals surface area contributed by atoms with E-state index in [0.717, 1.165) is 31.2 Å². The second kappa shape index (κ2) is 4.07. The third-order valence-electron chi connectivity index (χ3n) is 2.99. The Bertz CT molecular complexity index is 632. The van der Waals surface area contributed by atoms with Crippen LogP contribution in [-0.2, 0) is 6.42 Å². The van der Waals surface area contributed by atoms with Gasteiger partial charge in [0.05, 0.1) is 0 Å². The smallest absolute Gasteiger partial charge is 0.167 e. The Morgan fingerprint density at radius 3 is 2.24 bits per heavy atom. The zero-order chi connectivity index (χ0) is 12.0. The topological polar surface area (TPSA) is 17.1 Å². The molecule has 0 aromatic heterocycles. The molecule has 0 bridgehead atoms. The van der Waals surface area contributed by atoms with E-state index in [2.05, 4.69) is 37.9 Å². The fourth-order valence-electron chi connectivity index (χ4n) is 2.22. The molecular formula is C14H8Br2O. The van der Waals surface area contributed by atoms with Gasteiger partial charge in [-0.3, -0.25) is 4.79 Å². The zero-order valence-corrected chi connectivity index (χ0v) is 12.0. The van der Waals surface area contributed by atoms with Gasteiger partial charge in [-0.05, 0) is 41.0 Å². The predicted molar refractivity (Wildman–Crippen MR) is 75.3 cm³/mol. The molecule has 2 aromatic carbocycles. The summed E-state index contributed by atoms with van der Waals surface area (Å²) < 4.78 is 1.97. The summed E-state index contributed by atoms with van der Waals surface area (Å²) in [6.45, 7) is 0. The van der Waals surface area contributed by atoms with Crippen molar-refractivity contribution in [2.75, 3.05) is 0 Å². The van der Waals surface area contributed by atoms with Gasteiger partial charge in [0.2, 0.25) is 0 Å². The Labute approximate surface area is 116 Å². The number of halogens is 2. The predicted octanol–water partition coefficient (Wildman–Crippen LogP) is 4.62. The Morgan fingerprint density at radius 2 is 1.47 bits per heavy atom. The van der Waals surface area contributed by atoms with Gasteiger partial charge in [-0.25, -0.2) is 0 Å². The maximum absolute atomic E-state index is 12.1. The number of ketones is 1. The fourth-order valence-corrected chi connectivity index (χ4v) is 2.99. The molecule has 0 saturated heterocycles. The van der Waals surface area contributed by atoms with Gasteiger partial charge in [-0.2, -0.15) is 0 Å². The van der Waals surface area contributed by atoms with Gasteiger partial charge in [-0.15, -0.1) is 0 Å². The van der Waals surface area contributed by atoms with E-state index in [1.807, 2.05) is 30.3 Å². The molecule has 0 aliphatic heterocycles. The second-order valence-corrected chi connectivity index (χ2v) is 5.92. The van der Waals surface area contributed by atoms with Gasteiger partial charge in [0.1, 0.15) is 0 Å². The maximum atomic E-state index is 12.1. The Morgan fingerprint density at radius 1 is 0.824 bits per heavy atom. The van der Waals surface area contributed by atoms with Crippen molar-refractivity contribution in [2.45, 2.75) is 6.42 Å². The van der Waals surface area contributed by atoms with Gasteiger partial charge < -0.3 is 0 Å². The van der Waals surface area contributed by atoms with E-state index >= 15 is 0 Å². The zero-order valence-electron chi connectivity index (χ0n) is 8.84. The molecule has 2 aromatic rings. The lowest BCUT2D eigenvalue weighted by molar-refractivity contribution is 0.0992. The van der Waals surface area contributed by atoms with Crippen molar-refractivity contribution < 1.29 is 4.79 Å². The minimum absolute atomic E-state index is 0.187. The first kappa shape index (κ1) is 11.2. The van der Waals surface area contributed by atoms with Crippen LogP contribution in [0.1, 0.15) is 15.9 Å². The van der Waals surface area contributed by atoms with E-state index in [4.69, 9.17) is 0 Å². The summed E-state index contributed by atoms with van der Waals surface area (Å²) in [4.78, 5) is 12.1. The van der Waals surface area contributed by atoms with E-state index in [1.165, 1.54) is 0 Å². The summed E-state index contributed by atoms with van der Waals surface area (Å²) >= 11 is 6.85. The molecule has 0 saturated carbocycles. The Kier molecular flexibility index (Phi) is 2.68. The number of hydrogen-bond donors (Lipinski definition) is 0. The highest BCUT2D eigenvalue weighted by molar-refractivity contribution is 9.10. The Hall–Kier alpha value is -0.930. The number of carbonyl (C=O) groups is 1. The standard InChI is InChI=1S/C14H8Br2O/c15-9-1-3-11-8(5-9)6-14(17)13-7-10(16)2-4-12(11)13/h1-5,7H,6H2. The number of carbonyl (C=O) groups excluding carboxylic acids is 1. The van der Waals surface area contributed by atoms with Crippen molar-refractivity contribution in [3.63, 3.8) is 0 Å². The van der Waals surface area contributed by atoms with Crippen LogP contribution in [0.4, 0.5) is 0 Å². The van der Waals surface area contributed by atoms with Crippen LogP contribution in [0.3, 0.4) is 0 Å². The maximum Gasteiger partial charge on any atom is 0.167 e. The molecule has 0 unspecified atom stereocenters. The first-order valence-corrected chi connectivity index (χ1v) is 6.85.